The van der Waals surface area contributed by atoms with Crippen LogP contribution in [0.2, 0.25) is 0 Å². The Labute approximate surface area is 221 Å². The highest BCUT2D eigenvalue weighted by atomic mass is 32.2. The van der Waals surface area contributed by atoms with Crippen molar-refractivity contribution in [3.05, 3.63) is 59.7 Å². The molecule has 1 fully saturated rings. The second-order valence-corrected chi connectivity index (χ2v) is 11.7. The van der Waals surface area contributed by atoms with Gasteiger partial charge in [0.05, 0.1) is 19.1 Å². The molecule has 9 heteroatoms. The van der Waals surface area contributed by atoms with E-state index in [-0.39, 0.29) is 30.8 Å². The van der Waals surface area contributed by atoms with E-state index >= 15 is 0 Å². The first kappa shape index (κ1) is 28.5. The highest BCUT2D eigenvalue weighted by Crippen LogP contribution is 2.30. The summed E-state index contributed by atoms with van der Waals surface area (Å²) in [6.07, 6.45) is 5.69. The van der Waals surface area contributed by atoms with Crippen molar-refractivity contribution in [2.45, 2.75) is 71.0 Å². The van der Waals surface area contributed by atoms with Crippen LogP contribution in [0.5, 0.6) is 5.75 Å². The molecule has 0 radical (unpaired) electrons. The number of ether oxygens (including phenoxy) is 1. The molecule has 0 aliphatic heterocycles. The Morgan fingerprint density at radius 2 is 1.73 bits per heavy atom. The van der Waals surface area contributed by atoms with Crippen molar-refractivity contribution in [3.8, 4) is 5.75 Å². The lowest BCUT2D eigenvalue weighted by Crippen LogP contribution is -2.49. The van der Waals surface area contributed by atoms with Gasteiger partial charge in [0.1, 0.15) is 11.8 Å². The highest BCUT2D eigenvalue weighted by molar-refractivity contribution is 7.92. The molecule has 0 spiro atoms. The summed E-state index contributed by atoms with van der Waals surface area (Å²) in [7, 11) is -2.11. The quantitative estimate of drug-likeness (QED) is 0.448. The molecule has 1 aliphatic rings. The van der Waals surface area contributed by atoms with Crippen LogP contribution in [0.4, 0.5) is 5.69 Å². The van der Waals surface area contributed by atoms with E-state index in [9.17, 15) is 18.0 Å². The molecule has 1 aliphatic carbocycles. The first-order chi connectivity index (χ1) is 17.6. The fraction of sp³-hybridized carbons (Fsp3) is 0.500. The van der Waals surface area contributed by atoms with E-state index in [1.807, 2.05) is 31.2 Å². The standard InChI is InChI=1S/C28H39N3O5S/c1-21-15-17-23(18-16-21)20-30(22(2)28(33)29-24-10-5-6-11-24)27(32)14-9-19-31(37(4,34)35)25-12-7-8-13-26(25)36-3/h7-8,12-13,15-18,22,24H,5-6,9-11,14,19-20H2,1-4H3,(H,29,33). The molecule has 202 valence electrons. The van der Waals surface area contributed by atoms with E-state index in [4.69, 9.17) is 4.74 Å². The van der Waals surface area contributed by atoms with Crippen molar-refractivity contribution in [3.63, 3.8) is 0 Å². The smallest absolute Gasteiger partial charge is 0.242 e. The molecule has 3 rings (SSSR count). The zero-order valence-electron chi connectivity index (χ0n) is 22.3. The number of hydrogen-bond acceptors (Lipinski definition) is 5. The van der Waals surface area contributed by atoms with Gasteiger partial charge in [0.15, 0.2) is 0 Å². The zero-order valence-corrected chi connectivity index (χ0v) is 23.1. The molecule has 1 saturated carbocycles. The molecular formula is C28H39N3O5S. The summed E-state index contributed by atoms with van der Waals surface area (Å²) in [5, 5.41) is 3.10. The molecule has 2 aromatic carbocycles. The molecule has 2 amide bonds. The van der Waals surface area contributed by atoms with Gasteiger partial charge in [-0.05, 0) is 50.8 Å². The van der Waals surface area contributed by atoms with Crippen LogP contribution < -0.4 is 14.4 Å². The van der Waals surface area contributed by atoms with E-state index in [1.54, 1.807) is 36.1 Å². The molecule has 2 aromatic rings. The number of amides is 2. The molecule has 37 heavy (non-hydrogen) atoms. The second-order valence-electron chi connectivity index (χ2n) is 9.78. The highest BCUT2D eigenvalue weighted by Gasteiger charge is 2.29. The average molecular weight is 530 g/mol. The Balaban J connectivity index is 1.73. The summed E-state index contributed by atoms with van der Waals surface area (Å²) in [6.45, 7) is 4.18. The number of hydrogen-bond donors (Lipinski definition) is 1. The van der Waals surface area contributed by atoms with Crippen LogP contribution in [0.3, 0.4) is 0 Å². The van der Waals surface area contributed by atoms with Crippen LogP contribution >= 0.6 is 0 Å². The molecule has 0 aromatic heterocycles. The number of para-hydroxylation sites is 2. The van der Waals surface area contributed by atoms with E-state index < -0.39 is 16.1 Å². The van der Waals surface area contributed by atoms with Gasteiger partial charge in [-0.1, -0.05) is 54.8 Å². The number of methoxy groups -OCH3 is 1. The molecule has 1 atom stereocenters. The van der Waals surface area contributed by atoms with Crippen LogP contribution in [0.1, 0.15) is 56.6 Å². The van der Waals surface area contributed by atoms with Gasteiger partial charge in [-0.3, -0.25) is 13.9 Å². The minimum absolute atomic E-state index is 0.105. The molecule has 0 saturated heterocycles. The Bertz CT molecular complexity index is 1160. The van der Waals surface area contributed by atoms with E-state index in [0.717, 1.165) is 43.1 Å². The fourth-order valence-corrected chi connectivity index (χ4v) is 5.65. The van der Waals surface area contributed by atoms with Gasteiger partial charge in [0.2, 0.25) is 21.8 Å². The lowest BCUT2D eigenvalue weighted by molar-refractivity contribution is -0.141. The third kappa shape index (κ3) is 7.95. The monoisotopic (exact) mass is 529 g/mol. The molecule has 1 unspecified atom stereocenters. The maximum Gasteiger partial charge on any atom is 0.242 e. The predicted molar refractivity (Wildman–Crippen MR) is 146 cm³/mol. The summed E-state index contributed by atoms with van der Waals surface area (Å²) in [5.74, 6) is 0.0970. The summed E-state index contributed by atoms with van der Waals surface area (Å²) < 4.78 is 31.7. The van der Waals surface area contributed by atoms with Crippen LogP contribution in [0.25, 0.3) is 0 Å². The first-order valence-electron chi connectivity index (χ1n) is 12.9. The lowest BCUT2D eigenvalue weighted by atomic mass is 10.1. The maximum absolute atomic E-state index is 13.4. The predicted octanol–water partition coefficient (Wildman–Crippen LogP) is 4.03. The van der Waals surface area contributed by atoms with Gasteiger partial charge in [-0.2, -0.15) is 0 Å². The van der Waals surface area contributed by atoms with Gasteiger partial charge < -0.3 is 15.0 Å². The van der Waals surface area contributed by atoms with E-state index in [1.165, 1.54) is 11.4 Å². The SMILES string of the molecule is COc1ccccc1N(CCCC(=O)N(Cc1ccc(C)cc1)C(C)C(=O)NC1CCCC1)S(C)(=O)=O. The van der Waals surface area contributed by atoms with Crippen molar-refractivity contribution in [2.75, 3.05) is 24.2 Å². The van der Waals surface area contributed by atoms with Gasteiger partial charge in [0.25, 0.3) is 0 Å². The maximum atomic E-state index is 13.4. The summed E-state index contributed by atoms with van der Waals surface area (Å²) in [6, 6.07) is 14.3. The van der Waals surface area contributed by atoms with Crippen molar-refractivity contribution < 1.29 is 22.7 Å². The Morgan fingerprint density at radius 1 is 1.08 bits per heavy atom. The second kappa shape index (κ2) is 12.9. The summed E-state index contributed by atoms with van der Waals surface area (Å²) in [4.78, 5) is 28.1. The van der Waals surface area contributed by atoms with E-state index in [0.29, 0.717) is 24.4 Å². The number of carbonyl (C=O) groups is 2. The third-order valence-electron chi connectivity index (χ3n) is 6.85. The van der Waals surface area contributed by atoms with Crippen LogP contribution in [0.15, 0.2) is 48.5 Å². The van der Waals surface area contributed by atoms with Crippen LogP contribution in [-0.4, -0.2) is 57.1 Å². The normalized spacial score (nSPS) is 14.7. The van der Waals surface area contributed by atoms with Gasteiger partial charge >= 0.3 is 0 Å². The minimum Gasteiger partial charge on any atom is -0.495 e. The summed E-state index contributed by atoms with van der Waals surface area (Å²) >= 11 is 0. The number of carbonyl (C=O) groups excluding carboxylic acids is 2. The van der Waals surface area contributed by atoms with Crippen molar-refractivity contribution in [1.29, 1.82) is 0 Å². The lowest BCUT2D eigenvalue weighted by Gasteiger charge is -2.30. The zero-order chi connectivity index (χ0) is 27.0. The fourth-order valence-electron chi connectivity index (χ4n) is 4.68. The largest absolute Gasteiger partial charge is 0.495 e. The average Bonchev–Trinajstić information content (AvgIpc) is 3.38. The number of aryl methyl sites for hydroxylation is 1. The topological polar surface area (TPSA) is 96.0 Å². The number of sulfonamides is 1. The third-order valence-corrected chi connectivity index (χ3v) is 8.03. The number of nitrogens with one attached hydrogen (secondary N) is 1. The van der Waals surface area contributed by atoms with Crippen molar-refractivity contribution in [1.82, 2.24) is 10.2 Å². The number of benzene rings is 2. The van der Waals surface area contributed by atoms with Crippen molar-refractivity contribution in [2.24, 2.45) is 0 Å². The Morgan fingerprint density at radius 3 is 2.35 bits per heavy atom. The number of rotatable bonds is 12. The number of nitrogens with zero attached hydrogens (tertiary/aromatic N) is 2. The molecule has 8 nitrogen and oxygen atoms in total. The number of anilines is 1. The van der Waals surface area contributed by atoms with Gasteiger partial charge in [0, 0.05) is 25.6 Å². The van der Waals surface area contributed by atoms with Gasteiger partial charge in [-0.15, -0.1) is 0 Å². The van der Waals surface area contributed by atoms with Crippen LogP contribution in [0, 0.1) is 6.92 Å². The minimum atomic E-state index is -3.60. The Hall–Kier alpha value is -3.07. The Kier molecular flexibility index (Phi) is 9.97. The molecule has 0 heterocycles. The molecule has 1 N–H and O–H groups in total. The molecule has 0 bridgehead atoms. The van der Waals surface area contributed by atoms with Gasteiger partial charge in [-0.25, -0.2) is 8.42 Å². The first-order valence-corrected chi connectivity index (χ1v) is 14.7. The summed E-state index contributed by atoms with van der Waals surface area (Å²) in [5.41, 5.74) is 2.48. The van der Waals surface area contributed by atoms with E-state index in [2.05, 4.69) is 5.32 Å². The van der Waals surface area contributed by atoms with Crippen molar-refractivity contribution >= 4 is 27.5 Å². The van der Waals surface area contributed by atoms with Crippen LogP contribution in [-0.2, 0) is 26.2 Å². The molecular weight excluding hydrogens is 490 g/mol.